The van der Waals surface area contributed by atoms with Gasteiger partial charge in [-0.25, -0.2) is 4.98 Å². The van der Waals surface area contributed by atoms with E-state index in [1.54, 1.807) is 22.7 Å². The minimum Gasteiger partial charge on any atom is -0.302 e. The van der Waals surface area contributed by atoms with Crippen LogP contribution in [-0.2, 0) is 11.2 Å². The molecule has 5 heteroatoms. The minimum absolute atomic E-state index is 0.149. The Morgan fingerprint density at radius 3 is 2.96 bits per heavy atom. The number of hydrogen-bond acceptors (Lipinski definition) is 4. The highest BCUT2D eigenvalue weighted by molar-refractivity contribution is 7.17. The number of thiazole rings is 1. The number of benzene rings is 1. The molecule has 1 fully saturated rings. The summed E-state index contributed by atoms with van der Waals surface area (Å²) in [5.41, 5.74) is 1.32. The Bertz CT molecular complexity index is 846. The number of hydrogen-bond donors (Lipinski definition) is 1. The lowest BCUT2D eigenvalue weighted by molar-refractivity contribution is -0.120. The third-order valence-electron chi connectivity index (χ3n) is 4.71. The monoisotopic (exact) mass is 356 g/mol. The largest absolute Gasteiger partial charge is 0.302 e. The molecule has 0 spiro atoms. The van der Waals surface area contributed by atoms with E-state index in [-0.39, 0.29) is 11.8 Å². The summed E-state index contributed by atoms with van der Waals surface area (Å²) in [6.07, 6.45) is 8.41. The van der Waals surface area contributed by atoms with E-state index in [9.17, 15) is 4.79 Å². The molecule has 1 saturated carbocycles. The lowest BCUT2D eigenvalue weighted by atomic mass is 9.89. The predicted molar refractivity (Wildman–Crippen MR) is 102 cm³/mol. The van der Waals surface area contributed by atoms with Crippen LogP contribution in [-0.4, -0.2) is 10.9 Å². The van der Waals surface area contributed by atoms with Gasteiger partial charge in [-0.1, -0.05) is 31.4 Å². The van der Waals surface area contributed by atoms with Crippen LogP contribution in [0.2, 0.25) is 0 Å². The van der Waals surface area contributed by atoms with Crippen molar-refractivity contribution in [3.05, 3.63) is 46.3 Å². The molecule has 3 nitrogen and oxygen atoms in total. The van der Waals surface area contributed by atoms with Gasteiger partial charge in [-0.05, 0) is 41.3 Å². The van der Waals surface area contributed by atoms with Gasteiger partial charge in [0.15, 0.2) is 5.13 Å². The molecule has 24 heavy (non-hydrogen) atoms. The Kier molecular flexibility index (Phi) is 4.63. The summed E-state index contributed by atoms with van der Waals surface area (Å²) in [5, 5.41) is 7.21. The van der Waals surface area contributed by atoms with Crippen LogP contribution in [0.1, 0.15) is 42.5 Å². The molecule has 124 valence electrons. The molecule has 1 aromatic carbocycles. The molecule has 0 unspecified atom stereocenters. The quantitative estimate of drug-likeness (QED) is 0.674. The molecule has 0 saturated heterocycles. The van der Waals surface area contributed by atoms with Gasteiger partial charge in [0.05, 0.1) is 0 Å². The Hall–Kier alpha value is -1.72. The highest BCUT2D eigenvalue weighted by atomic mass is 32.1. The fourth-order valence-corrected chi connectivity index (χ4v) is 5.09. The molecule has 2 aromatic heterocycles. The van der Waals surface area contributed by atoms with Crippen LogP contribution in [0.5, 0.6) is 0 Å². The van der Waals surface area contributed by atoms with E-state index >= 15 is 0 Å². The van der Waals surface area contributed by atoms with E-state index in [1.807, 2.05) is 6.20 Å². The van der Waals surface area contributed by atoms with Crippen molar-refractivity contribution in [2.45, 2.75) is 38.5 Å². The van der Waals surface area contributed by atoms with Crippen molar-refractivity contribution in [2.75, 3.05) is 5.32 Å². The van der Waals surface area contributed by atoms with Gasteiger partial charge in [0.2, 0.25) is 5.91 Å². The first kappa shape index (κ1) is 15.8. The van der Waals surface area contributed by atoms with Crippen LogP contribution in [0.4, 0.5) is 5.13 Å². The van der Waals surface area contributed by atoms with Crippen molar-refractivity contribution < 1.29 is 4.79 Å². The Labute approximate surface area is 149 Å². The van der Waals surface area contributed by atoms with Crippen LogP contribution in [0.15, 0.2) is 35.8 Å². The van der Waals surface area contributed by atoms with Crippen LogP contribution < -0.4 is 5.32 Å². The summed E-state index contributed by atoms with van der Waals surface area (Å²) in [6, 6.07) is 8.63. The SMILES string of the molecule is O=C(Nc1ncc(Cc2cccc3sccc23)s1)C1CCCCC1. The van der Waals surface area contributed by atoms with E-state index in [0.717, 1.165) is 24.4 Å². The predicted octanol–water partition coefficient (Wildman–Crippen LogP) is 5.47. The first-order valence-electron chi connectivity index (χ1n) is 8.50. The first-order valence-corrected chi connectivity index (χ1v) is 10.2. The first-order chi connectivity index (χ1) is 11.8. The highest BCUT2D eigenvalue weighted by Gasteiger charge is 2.21. The lowest BCUT2D eigenvalue weighted by Crippen LogP contribution is -2.24. The molecule has 0 atom stereocenters. The topological polar surface area (TPSA) is 42.0 Å². The van der Waals surface area contributed by atoms with Crippen LogP contribution in [0.25, 0.3) is 10.1 Å². The normalized spacial score (nSPS) is 15.7. The number of nitrogens with zero attached hydrogens (tertiary/aromatic N) is 1. The van der Waals surface area contributed by atoms with E-state index in [0.29, 0.717) is 0 Å². The molecule has 1 amide bonds. The zero-order valence-corrected chi connectivity index (χ0v) is 15.1. The zero-order valence-electron chi connectivity index (χ0n) is 13.5. The molecule has 1 aliphatic rings. The van der Waals surface area contributed by atoms with E-state index in [1.165, 1.54) is 39.8 Å². The van der Waals surface area contributed by atoms with Crippen molar-refractivity contribution in [3.63, 3.8) is 0 Å². The average Bonchev–Trinajstić information content (AvgIpc) is 3.25. The summed E-state index contributed by atoms with van der Waals surface area (Å²) >= 11 is 3.36. The molecule has 4 rings (SSSR count). The summed E-state index contributed by atoms with van der Waals surface area (Å²) in [4.78, 5) is 17.9. The van der Waals surface area contributed by atoms with Gasteiger partial charge in [-0.3, -0.25) is 4.79 Å². The van der Waals surface area contributed by atoms with Gasteiger partial charge in [0.1, 0.15) is 0 Å². The zero-order chi connectivity index (χ0) is 16.4. The fraction of sp³-hybridized carbons (Fsp3) is 0.368. The third-order valence-corrected chi connectivity index (χ3v) is 6.51. The number of thiophene rings is 1. The van der Waals surface area contributed by atoms with E-state index in [4.69, 9.17) is 0 Å². The standard InChI is InChI=1S/C19H20N2OS2/c22-18(13-5-2-1-3-6-13)21-19-20-12-15(24-19)11-14-7-4-8-17-16(14)9-10-23-17/h4,7-10,12-13H,1-3,5-6,11H2,(H,20,21,22). The number of amides is 1. The van der Waals surface area contributed by atoms with E-state index < -0.39 is 0 Å². The number of carbonyl (C=O) groups excluding carboxylic acids is 1. The van der Waals surface area contributed by atoms with Crippen LogP contribution in [0, 0.1) is 5.92 Å². The molecule has 0 aliphatic heterocycles. The average molecular weight is 357 g/mol. The fourth-order valence-electron chi connectivity index (χ4n) is 3.42. The molecule has 1 N–H and O–H groups in total. The number of nitrogens with one attached hydrogen (secondary N) is 1. The number of rotatable bonds is 4. The molecular formula is C19H20N2OS2. The smallest absolute Gasteiger partial charge is 0.229 e. The highest BCUT2D eigenvalue weighted by Crippen LogP contribution is 2.29. The van der Waals surface area contributed by atoms with Crippen molar-refractivity contribution in [1.29, 1.82) is 0 Å². The molecular weight excluding hydrogens is 336 g/mol. The van der Waals surface area contributed by atoms with Crippen molar-refractivity contribution >= 4 is 43.8 Å². The molecule has 3 aromatic rings. The summed E-state index contributed by atoms with van der Waals surface area (Å²) in [5.74, 6) is 0.321. The molecule has 0 bridgehead atoms. The van der Waals surface area contributed by atoms with Gasteiger partial charge < -0.3 is 5.32 Å². The van der Waals surface area contributed by atoms with E-state index in [2.05, 4.69) is 39.9 Å². The number of anilines is 1. The second kappa shape index (κ2) is 7.03. The number of carbonyl (C=O) groups is 1. The molecule has 0 radical (unpaired) electrons. The van der Waals surface area contributed by atoms with Crippen LogP contribution in [0.3, 0.4) is 0 Å². The summed E-state index contributed by atoms with van der Waals surface area (Å²) in [6.45, 7) is 0. The van der Waals surface area contributed by atoms with Crippen LogP contribution >= 0.6 is 22.7 Å². The third kappa shape index (κ3) is 3.37. The number of aromatic nitrogens is 1. The summed E-state index contributed by atoms with van der Waals surface area (Å²) in [7, 11) is 0. The summed E-state index contributed by atoms with van der Waals surface area (Å²) < 4.78 is 1.32. The Balaban J connectivity index is 1.45. The maximum Gasteiger partial charge on any atom is 0.229 e. The van der Waals surface area contributed by atoms with Gasteiger partial charge in [0, 0.05) is 28.1 Å². The second-order valence-electron chi connectivity index (χ2n) is 6.38. The van der Waals surface area contributed by atoms with Crippen molar-refractivity contribution in [1.82, 2.24) is 4.98 Å². The minimum atomic E-state index is 0.149. The molecule has 2 heterocycles. The Morgan fingerprint density at radius 1 is 1.21 bits per heavy atom. The van der Waals surface area contributed by atoms with Gasteiger partial charge in [-0.2, -0.15) is 0 Å². The van der Waals surface area contributed by atoms with Crippen molar-refractivity contribution in [2.24, 2.45) is 5.92 Å². The lowest BCUT2D eigenvalue weighted by Gasteiger charge is -2.19. The van der Waals surface area contributed by atoms with Gasteiger partial charge in [-0.15, -0.1) is 22.7 Å². The maximum atomic E-state index is 12.3. The van der Waals surface area contributed by atoms with Gasteiger partial charge in [0.25, 0.3) is 0 Å². The van der Waals surface area contributed by atoms with Crippen molar-refractivity contribution in [3.8, 4) is 0 Å². The molecule has 1 aliphatic carbocycles. The number of fused-ring (bicyclic) bond motifs is 1. The maximum absolute atomic E-state index is 12.3. The van der Waals surface area contributed by atoms with Gasteiger partial charge >= 0.3 is 0 Å². The second-order valence-corrected chi connectivity index (χ2v) is 8.45. The Morgan fingerprint density at radius 2 is 2.08 bits per heavy atom.